The van der Waals surface area contributed by atoms with E-state index < -0.39 is 18.6 Å². The van der Waals surface area contributed by atoms with Crippen LogP contribution in [0.15, 0.2) is 17.5 Å². The highest BCUT2D eigenvalue weighted by molar-refractivity contribution is 7.09. The quantitative estimate of drug-likeness (QED) is 0.856. The van der Waals surface area contributed by atoms with Crippen molar-refractivity contribution < 1.29 is 17.9 Å². The molecule has 1 unspecified atom stereocenters. The predicted molar refractivity (Wildman–Crippen MR) is 52.6 cm³/mol. The Hall–Kier alpha value is -0.590. The van der Waals surface area contributed by atoms with Gasteiger partial charge >= 0.3 is 6.18 Å². The van der Waals surface area contributed by atoms with E-state index in [1.54, 1.807) is 0 Å². The Labute approximate surface area is 89.8 Å². The second-order valence-corrected chi connectivity index (χ2v) is 4.10. The zero-order valence-electron chi connectivity index (χ0n) is 7.96. The summed E-state index contributed by atoms with van der Waals surface area (Å²) < 4.78 is 41.7. The van der Waals surface area contributed by atoms with E-state index in [2.05, 4.69) is 0 Å². The molecule has 15 heavy (non-hydrogen) atoms. The summed E-state index contributed by atoms with van der Waals surface area (Å²) in [7, 11) is 0. The standard InChI is InChI=1S/C9H12F3NOS/c10-9(11,12)7(4-13)5-14-6-8-2-1-3-15-8/h1-3,7H,4-6,13H2. The number of thiophene rings is 1. The van der Waals surface area contributed by atoms with Gasteiger partial charge in [-0.15, -0.1) is 11.3 Å². The highest BCUT2D eigenvalue weighted by atomic mass is 32.1. The van der Waals surface area contributed by atoms with Crippen LogP contribution < -0.4 is 5.73 Å². The third-order valence-electron chi connectivity index (χ3n) is 1.89. The van der Waals surface area contributed by atoms with Crippen LogP contribution in [-0.2, 0) is 11.3 Å². The van der Waals surface area contributed by atoms with Gasteiger partial charge in [0.2, 0.25) is 0 Å². The van der Waals surface area contributed by atoms with Crippen molar-refractivity contribution in [2.24, 2.45) is 11.7 Å². The van der Waals surface area contributed by atoms with Crippen molar-refractivity contribution in [1.82, 2.24) is 0 Å². The highest BCUT2D eigenvalue weighted by Gasteiger charge is 2.38. The lowest BCUT2D eigenvalue weighted by molar-refractivity contribution is -0.186. The van der Waals surface area contributed by atoms with Crippen molar-refractivity contribution in [3.8, 4) is 0 Å². The maximum Gasteiger partial charge on any atom is 0.395 e. The number of halogens is 3. The summed E-state index contributed by atoms with van der Waals surface area (Å²) >= 11 is 1.45. The molecule has 0 radical (unpaired) electrons. The Kier molecular flexibility index (Phi) is 4.56. The molecule has 1 rings (SSSR count). The van der Waals surface area contributed by atoms with Crippen LogP contribution in [0.25, 0.3) is 0 Å². The number of hydrogen-bond donors (Lipinski definition) is 1. The van der Waals surface area contributed by atoms with Gasteiger partial charge in [0, 0.05) is 11.4 Å². The summed E-state index contributed by atoms with van der Waals surface area (Å²) in [5.74, 6) is -1.57. The Balaban J connectivity index is 2.29. The molecule has 1 aromatic rings. The highest BCUT2D eigenvalue weighted by Crippen LogP contribution is 2.25. The number of nitrogens with two attached hydrogens (primary N) is 1. The van der Waals surface area contributed by atoms with Crippen LogP contribution in [-0.4, -0.2) is 19.3 Å². The van der Waals surface area contributed by atoms with E-state index in [4.69, 9.17) is 10.5 Å². The molecule has 0 aliphatic rings. The van der Waals surface area contributed by atoms with E-state index in [1.807, 2.05) is 17.5 Å². The van der Waals surface area contributed by atoms with Gasteiger partial charge in [-0.3, -0.25) is 0 Å². The van der Waals surface area contributed by atoms with Crippen LogP contribution in [0.4, 0.5) is 13.2 Å². The van der Waals surface area contributed by atoms with E-state index in [9.17, 15) is 13.2 Å². The van der Waals surface area contributed by atoms with Crippen molar-refractivity contribution in [1.29, 1.82) is 0 Å². The molecule has 1 heterocycles. The van der Waals surface area contributed by atoms with Gasteiger partial charge in [-0.1, -0.05) is 6.07 Å². The molecular formula is C9H12F3NOS. The van der Waals surface area contributed by atoms with Crippen LogP contribution in [0.2, 0.25) is 0 Å². The summed E-state index contributed by atoms with van der Waals surface area (Å²) in [6.45, 7) is -0.601. The molecule has 0 spiro atoms. The first-order valence-electron chi connectivity index (χ1n) is 4.41. The van der Waals surface area contributed by atoms with Gasteiger partial charge in [-0.2, -0.15) is 13.2 Å². The minimum atomic E-state index is -4.27. The third kappa shape index (κ3) is 4.19. The Morgan fingerprint density at radius 1 is 1.47 bits per heavy atom. The van der Waals surface area contributed by atoms with E-state index >= 15 is 0 Å². The first-order valence-corrected chi connectivity index (χ1v) is 5.29. The molecule has 0 bridgehead atoms. The molecule has 0 saturated carbocycles. The summed E-state index contributed by atoms with van der Waals surface area (Å²) in [4.78, 5) is 0.910. The van der Waals surface area contributed by atoms with Gasteiger partial charge in [-0.05, 0) is 11.4 Å². The Morgan fingerprint density at radius 2 is 2.20 bits per heavy atom. The van der Waals surface area contributed by atoms with Crippen LogP contribution in [0.3, 0.4) is 0 Å². The van der Waals surface area contributed by atoms with E-state index in [1.165, 1.54) is 11.3 Å². The largest absolute Gasteiger partial charge is 0.395 e. The van der Waals surface area contributed by atoms with Crippen molar-refractivity contribution >= 4 is 11.3 Å². The molecule has 0 aliphatic carbocycles. The van der Waals surface area contributed by atoms with E-state index in [-0.39, 0.29) is 13.2 Å². The predicted octanol–water partition coefficient (Wildman–Crippen LogP) is 2.40. The van der Waals surface area contributed by atoms with Crippen molar-refractivity contribution in [2.75, 3.05) is 13.2 Å². The molecule has 6 heteroatoms. The number of hydrogen-bond acceptors (Lipinski definition) is 3. The van der Waals surface area contributed by atoms with Crippen LogP contribution >= 0.6 is 11.3 Å². The fraction of sp³-hybridized carbons (Fsp3) is 0.556. The molecule has 0 saturated heterocycles. The number of alkyl halides is 3. The van der Waals surface area contributed by atoms with E-state index in [0.29, 0.717) is 0 Å². The summed E-state index contributed by atoms with van der Waals surface area (Å²) in [6.07, 6.45) is -4.27. The molecule has 2 nitrogen and oxygen atoms in total. The normalized spacial score (nSPS) is 14.1. The lowest BCUT2D eigenvalue weighted by Crippen LogP contribution is -2.33. The first kappa shape index (κ1) is 12.5. The fourth-order valence-electron chi connectivity index (χ4n) is 0.993. The lowest BCUT2D eigenvalue weighted by Gasteiger charge is -2.17. The maximum absolute atomic E-state index is 12.2. The molecule has 1 atom stereocenters. The smallest absolute Gasteiger partial charge is 0.375 e. The van der Waals surface area contributed by atoms with Crippen LogP contribution in [0, 0.1) is 5.92 Å². The van der Waals surface area contributed by atoms with Crippen molar-refractivity contribution in [3.05, 3.63) is 22.4 Å². The molecule has 1 aromatic heterocycles. The topological polar surface area (TPSA) is 35.2 Å². The van der Waals surface area contributed by atoms with Gasteiger partial charge in [0.25, 0.3) is 0 Å². The minimum Gasteiger partial charge on any atom is -0.375 e. The van der Waals surface area contributed by atoms with Crippen molar-refractivity contribution in [2.45, 2.75) is 12.8 Å². The molecule has 0 fully saturated rings. The zero-order chi connectivity index (χ0) is 11.3. The Bertz CT molecular complexity index is 273. The summed E-state index contributed by atoms with van der Waals surface area (Å²) in [5, 5.41) is 1.85. The van der Waals surface area contributed by atoms with Gasteiger partial charge in [0.1, 0.15) is 0 Å². The lowest BCUT2D eigenvalue weighted by atomic mass is 10.1. The van der Waals surface area contributed by atoms with Gasteiger partial charge in [0.15, 0.2) is 0 Å². The van der Waals surface area contributed by atoms with E-state index in [0.717, 1.165) is 4.88 Å². The maximum atomic E-state index is 12.2. The average Bonchev–Trinajstić information content (AvgIpc) is 2.62. The molecule has 86 valence electrons. The molecule has 2 N–H and O–H groups in total. The zero-order valence-corrected chi connectivity index (χ0v) is 8.77. The second kappa shape index (κ2) is 5.48. The number of ether oxygens (including phenoxy) is 1. The monoisotopic (exact) mass is 239 g/mol. The summed E-state index contributed by atoms with van der Waals surface area (Å²) in [6, 6.07) is 3.64. The minimum absolute atomic E-state index is 0.213. The molecule has 0 amide bonds. The molecule has 0 aliphatic heterocycles. The molecular weight excluding hydrogens is 227 g/mol. The average molecular weight is 239 g/mol. The summed E-state index contributed by atoms with van der Waals surface area (Å²) in [5.41, 5.74) is 5.02. The van der Waals surface area contributed by atoms with Crippen LogP contribution in [0.1, 0.15) is 4.88 Å². The van der Waals surface area contributed by atoms with Gasteiger partial charge in [0.05, 0.1) is 19.1 Å². The molecule has 0 aromatic carbocycles. The number of rotatable bonds is 5. The Morgan fingerprint density at radius 3 is 2.67 bits per heavy atom. The SMILES string of the molecule is NCC(COCc1cccs1)C(F)(F)F. The first-order chi connectivity index (χ1) is 7.04. The third-order valence-corrected chi connectivity index (χ3v) is 2.74. The second-order valence-electron chi connectivity index (χ2n) is 3.07. The van der Waals surface area contributed by atoms with Gasteiger partial charge < -0.3 is 10.5 Å². The fourth-order valence-corrected chi connectivity index (χ4v) is 1.63. The van der Waals surface area contributed by atoms with Crippen LogP contribution in [0.5, 0.6) is 0 Å². The van der Waals surface area contributed by atoms with Gasteiger partial charge in [-0.25, -0.2) is 0 Å². The van der Waals surface area contributed by atoms with Crippen molar-refractivity contribution in [3.63, 3.8) is 0 Å².